The predicted molar refractivity (Wildman–Crippen MR) is 95.3 cm³/mol. The summed E-state index contributed by atoms with van der Waals surface area (Å²) in [4.78, 5) is 26.0. The predicted octanol–water partition coefficient (Wildman–Crippen LogP) is 2.86. The fourth-order valence-corrected chi connectivity index (χ4v) is 2.94. The van der Waals surface area contributed by atoms with Crippen molar-refractivity contribution in [2.45, 2.75) is 13.0 Å². The van der Waals surface area contributed by atoms with Gasteiger partial charge in [-0.25, -0.2) is 9.59 Å². The maximum Gasteiger partial charge on any atom is 0.338 e. The van der Waals surface area contributed by atoms with E-state index in [2.05, 4.69) is 27.8 Å². The number of aromatic hydroxyl groups is 1. The average Bonchev–Trinajstić information content (AvgIpc) is 2.59. The van der Waals surface area contributed by atoms with Gasteiger partial charge in [-0.1, -0.05) is 12.7 Å². The van der Waals surface area contributed by atoms with Gasteiger partial charge in [-0.2, -0.15) is 0 Å². The van der Waals surface area contributed by atoms with E-state index in [0.717, 1.165) is 0 Å². The Morgan fingerprint density at radius 2 is 2.20 bits per heavy atom. The van der Waals surface area contributed by atoms with Crippen LogP contribution >= 0.6 is 15.9 Å². The zero-order chi connectivity index (χ0) is 18.7. The number of carbonyl (C=O) groups excluding carboxylic acids is 2. The van der Waals surface area contributed by atoms with Crippen LogP contribution in [0.3, 0.4) is 0 Å². The highest BCUT2D eigenvalue weighted by Gasteiger charge is 2.35. The molecule has 1 aromatic carbocycles. The molecule has 0 saturated heterocycles. The summed E-state index contributed by atoms with van der Waals surface area (Å²) in [5, 5.41) is 12.7. The number of hydrogen-bond donors (Lipinski definition) is 2. The van der Waals surface area contributed by atoms with Crippen molar-refractivity contribution in [3.63, 3.8) is 0 Å². The fraction of sp³-hybridized carbons (Fsp3) is 0.294. The summed E-state index contributed by atoms with van der Waals surface area (Å²) in [5.74, 6) is -0.409. The van der Waals surface area contributed by atoms with E-state index in [0.29, 0.717) is 21.3 Å². The Morgan fingerprint density at radius 3 is 2.80 bits per heavy atom. The summed E-state index contributed by atoms with van der Waals surface area (Å²) in [5.41, 5.74) is 1.34. The molecule has 2 N–H and O–H groups in total. The van der Waals surface area contributed by atoms with Crippen LogP contribution in [0.1, 0.15) is 18.5 Å². The van der Waals surface area contributed by atoms with Gasteiger partial charge in [-0.3, -0.25) is 0 Å². The Balaban J connectivity index is 2.56. The van der Waals surface area contributed by atoms with Gasteiger partial charge >= 0.3 is 12.0 Å². The number of carbonyl (C=O) groups is 2. The standard InChI is InChI=1S/C17H19BrN2O5/c1-5-6-25-16(22)13-9(2)20(3)17(23)19-14(13)10-7-11(18)15(21)12(8-10)24-4/h5,7-8,14,21H,1,6H2,2-4H3,(H,19,23). The van der Waals surface area contributed by atoms with E-state index in [1.54, 1.807) is 26.1 Å². The van der Waals surface area contributed by atoms with Gasteiger partial charge in [0.25, 0.3) is 0 Å². The molecule has 1 aromatic rings. The van der Waals surface area contributed by atoms with Crippen molar-refractivity contribution in [3.05, 3.63) is 46.1 Å². The number of benzene rings is 1. The lowest BCUT2D eigenvalue weighted by Gasteiger charge is -2.33. The molecular weight excluding hydrogens is 392 g/mol. The number of esters is 1. The summed E-state index contributed by atoms with van der Waals surface area (Å²) in [6.45, 7) is 5.25. The number of phenolic OH excluding ortho intramolecular Hbond substituents is 1. The van der Waals surface area contributed by atoms with Crippen molar-refractivity contribution < 1.29 is 24.2 Å². The second-order valence-corrected chi connectivity index (χ2v) is 6.24. The third-order valence-electron chi connectivity index (χ3n) is 3.91. The number of amides is 2. The first-order valence-electron chi connectivity index (χ1n) is 7.41. The Bertz CT molecular complexity index is 760. The molecule has 1 aliphatic heterocycles. The monoisotopic (exact) mass is 410 g/mol. The van der Waals surface area contributed by atoms with Crippen LogP contribution in [-0.4, -0.2) is 42.8 Å². The molecule has 2 rings (SSSR count). The Morgan fingerprint density at radius 1 is 1.52 bits per heavy atom. The van der Waals surface area contributed by atoms with Gasteiger partial charge in [0, 0.05) is 12.7 Å². The molecule has 134 valence electrons. The molecule has 0 aromatic heterocycles. The molecular formula is C17H19BrN2O5. The summed E-state index contributed by atoms with van der Waals surface area (Å²) < 4.78 is 10.7. The maximum absolute atomic E-state index is 12.5. The Hall–Kier alpha value is -2.48. The molecule has 25 heavy (non-hydrogen) atoms. The zero-order valence-corrected chi connectivity index (χ0v) is 15.7. The number of nitrogens with one attached hydrogen (secondary N) is 1. The third-order valence-corrected chi connectivity index (χ3v) is 4.51. The molecule has 8 heteroatoms. The van der Waals surface area contributed by atoms with Crippen molar-refractivity contribution in [2.75, 3.05) is 20.8 Å². The number of phenols is 1. The number of allylic oxidation sites excluding steroid dienone is 1. The van der Waals surface area contributed by atoms with E-state index in [9.17, 15) is 14.7 Å². The molecule has 0 aliphatic carbocycles. The SMILES string of the molecule is C=CCOC(=O)C1=C(C)N(C)C(=O)NC1c1cc(Br)c(O)c(OC)c1. The topological polar surface area (TPSA) is 88.1 Å². The normalized spacial score (nSPS) is 17.2. The van der Waals surface area contributed by atoms with Crippen LogP contribution in [0, 0.1) is 0 Å². The van der Waals surface area contributed by atoms with Crippen LogP contribution in [-0.2, 0) is 9.53 Å². The highest BCUT2D eigenvalue weighted by molar-refractivity contribution is 9.10. The highest BCUT2D eigenvalue weighted by Crippen LogP contribution is 2.40. The molecule has 0 spiro atoms. The van der Waals surface area contributed by atoms with Crippen molar-refractivity contribution >= 4 is 27.9 Å². The van der Waals surface area contributed by atoms with Crippen molar-refractivity contribution in [2.24, 2.45) is 0 Å². The number of hydrogen-bond acceptors (Lipinski definition) is 5. The Kier molecular flexibility index (Phi) is 5.73. The first-order chi connectivity index (χ1) is 11.8. The molecule has 1 atom stereocenters. The molecule has 0 saturated carbocycles. The number of ether oxygens (including phenoxy) is 2. The molecule has 7 nitrogen and oxygen atoms in total. The average molecular weight is 411 g/mol. The molecule has 1 unspecified atom stereocenters. The van der Waals surface area contributed by atoms with Crippen LogP contribution in [0.2, 0.25) is 0 Å². The lowest BCUT2D eigenvalue weighted by Crippen LogP contribution is -2.46. The second kappa shape index (κ2) is 7.60. The van der Waals surface area contributed by atoms with Crippen LogP contribution in [0.4, 0.5) is 4.79 Å². The van der Waals surface area contributed by atoms with Crippen LogP contribution < -0.4 is 10.1 Å². The summed E-state index contributed by atoms with van der Waals surface area (Å²) in [6, 6.07) is 2.07. The number of urea groups is 1. The van der Waals surface area contributed by atoms with Gasteiger partial charge in [0.1, 0.15) is 6.61 Å². The first-order valence-corrected chi connectivity index (χ1v) is 8.20. The van der Waals surface area contributed by atoms with E-state index in [1.165, 1.54) is 18.1 Å². The van der Waals surface area contributed by atoms with Crippen LogP contribution in [0.5, 0.6) is 11.5 Å². The van der Waals surface area contributed by atoms with Crippen molar-refractivity contribution in [1.82, 2.24) is 10.2 Å². The highest BCUT2D eigenvalue weighted by atomic mass is 79.9. The minimum absolute atomic E-state index is 0.0581. The molecule has 2 amide bonds. The molecule has 0 bridgehead atoms. The second-order valence-electron chi connectivity index (χ2n) is 5.38. The minimum Gasteiger partial charge on any atom is -0.503 e. The molecule has 1 heterocycles. The van der Waals surface area contributed by atoms with Crippen molar-refractivity contribution in [3.8, 4) is 11.5 Å². The van der Waals surface area contributed by atoms with Gasteiger partial charge in [-0.15, -0.1) is 0 Å². The maximum atomic E-state index is 12.5. The smallest absolute Gasteiger partial charge is 0.338 e. The van der Waals surface area contributed by atoms with E-state index in [4.69, 9.17) is 9.47 Å². The third kappa shape index (κ3) is 3.63. The summed E-state index contributed by atoms with van der Waals surface area (Å²) in [6.07, 6.45) is 1.47. The van der Waals surface area contributed by atoms with Gasteiger partial charge in [0.2, 0.25) is 0 Å². The van der Waals surface area contributed by atoms with E-state index in [1.807, 2.05) is 0 Å². The molecule has 1 aliphatic rings. The molecule has 0 radical (unpaired) electrons. The number of rotatable bonds is 5. The van der Waals surface area contributed by atoms with E-state index >= 15 is 0 Å². The minimum atomic E-state index is -0.744. The van der Waals surface area contributed by atoms with Crippen LogP contribution in [0.15, 0.2) is 40.5 Å². The number of methoxy groups -OCH3 is 1. The van der Waals surface area contributed by atoms with Gasteiger partial charge in [0.15, 0.2) is 11.5 Å². The number of halogens is 1. The van der Waals surface area contributed by atoms with Gasteiger partial charge < -0.3 is 24.8 Å². The van der Waals surface area contributed by atoms with E-state index < -0.39 is 12.0 Å². The zero-order valence-electron chi connectivity index (χ0n) is 14.1. The van der Waals surface area contributed by atoms with Gasteiger partial charge in [0.05, 0.1) is 23.2 Å². The lowest BCUT2D eigenvalue weighted by molar-refractivity contribution is -0.138. The largest absolute Gasteiger partial charge is 0.503 e. The lowest BCUT2D eigenvalue weighted by atomic mass is 9.94. The summed E-state index contributed by atoms with van der Waals surface area (Å²) in [7, 11) is 2.98. The first kappa shape index (κ1) is 18.9. The quantitative estimate of drug-likeness (QED) is 0.575. The Labute approximate surface area is 154 Å². The van der Waals surface area contributed by atoms with E-state index in [-0.39, 0.29) is 24.1 Å². The van der Waals surface area contributed by atoms with Crippen LogP contribution in [0.25, 0.3) is 0 Å². The fourth-order valence-electron chi connectivity index (χ4n) is 2.48. The molecule has 0 fully saturated rings. The summed E-state index contributed by atoms with van der Waals surface area (Å²) >= 11 is 3.25. The number of nitrogens with zero attached hydrogens (tertiary/aromatic N) is 1. The van der Waals surface area contributed by atoms with Crippen molar-refractivity contribution in [1.29, 1.82) is 0 Å². The van der Waals surface area contributed by atoms with Gasteiger partial charge in [-0.05, 0) is 40.5 Å².